The van der Waals surface area contributed by atoms with Crippen molar-refractivity contribution in [2.45, 2.75) is 25.9 Å². The summed E-state index contributed by atoms with van der Waals surface area (Å²) in [6, 6.07) is 6.95. The van der Waals surface area contributed by atoms with Crippen molar-refractivity contribution in [3.05, 3.63) is 48.1 Å². The van der Waals surface area contributed by atoms with Gasteiger partial charge < -0.3 is 14.4 Å². The second-order valence-electron chi connectivity index (χ2n) is 6.78. The molecule has 1 saturated heterocycles. The van der Waals surface area contributed by atoms with Gasteiger partial charge in [-0.05, 0) is 30.7 Å². The Morgan fingerprint density at radius 1 is 1.30 bits per heavy atom. The Labute approximate surface area is 178 Å². The normalized spacial score (nSPS) is 15.3. The Hall–Kier alpha value is -2.62. The fraction of sp³-hybridized carbons (Fsp3) is 0.381. The molecular formula is C21H25FN4O3S. The van der Waals surface area contributed by atoms with Crippen LogP contribution in [0.4, 0.5) is 4.39 Å². The number of carbonyl (C=O) groups is 1. The van der Waals surface area contributed by atoms with Crippen LogP contribution in [-0.4, -0.2) is 63.4 Å². The zero-order valence-electron chi connectivity index (χ0n) is 16.8. The lowest BCUT2D eigenvalue weighted by atomic mass is 10.1. The Morgan fingerprint density at radius 2 is 2.00 bits per heavy atom. The van der Waals surface area contributed by atoms with E-state index >= 15 is 0 Å². The molecule has 1 fully saturated rings. The number of nitrogens with zero attached hydrogens (tertiary/aromatic N) is 4. The molecule has 1 aliphatic heterocycles. The van der Waals surface area contributed by atoms with Gasteiger partial charge in [-0.25, -0.2) is 9.37 Å². The third-order valence-corrected chi connectivity index (χ3v) is 5.84. The molecule has 1 unspecified atom stereocenters. The largest absolute Gasteiger partial charge is 0.483 e. The minimum atomic E-state index is -0.250. The van der Waals surface area contributed by atoms with E-state index in [1.165, 1.54) is 12.1 Å². The highest BCUT2D eigenvalue weighted by Gasteiger charge is 2.23. The smallest absolute Gasteiger partial charge is 0.290 e. The van der Waals surface area contributed by atoms with E-state index in [0.717, 1.165) is 61.1 Å². The van der Waals surface area contributed by atoms with Crippen LogP contribution in [0.2, 0.25) is 0 Å². The highest BCUT2D eigenvalue weighted by Crippen LogP contribution is 2.34. The zero-order chi connectivity index (χ0) is 21.3. The van der Waals surface area contributed by atoms with Gasteiger partial charge in [0.05, 0.1) is 41.3 Å². The van der Waals surface area contributed by atoms with Crippen LogP contribution in [0.25, 0.3) is 21.8 Å². The van der Waals surface area contributed by atoms with Gasteiger partial charge in [-0.3, -0.25) is 14.7 Å². The number of halogens is 1. The summed E-state index contributed by atoms with van der Waals surface area (Å²) in [5.41, 5.74) is 4.67. The quantitative estimate of drug-likeness (QED) is 0.599. The number of hydrogen-bond acceptors (Lipinski definition) is 6. The summed E-state index contributed by atoms with van der Waals surface area (Å²) in [7, 11) is 0. The van der Waals surface area contributed by atoms with E-state index in [9.17, 15) is 4.39 Å². The second-order valence-corrected chi connectivity index (χ2v) is 7.67. The number of hydrogen-bond donors (Lipinski definition) is 1. The van der Waals surface area contributed by atoms with Gasteiger partial charge >= 0.3 is 0 Å². The summed E-state index contributed by atoms with van der Waals surface area (Å²) in [6.07, 6.45) is 4.84. The van der Waals surface area contributed by atoms with E-state index in [1.54, 1.807) is 23.5 Å². The Kier molecular flexibility index (Phi) is 8.06. The van der Waals surface area contributed by atoms with Crippen LogP contribution in [0.1, 0.15) is 13.3 Å². The molecule has 160 valence electrons. The molecule has 0 aliphatic carbocycles. The van der Waals surface area contributed by atoms with E-state index in [1.807, 2.05) is 18.0 Å². The van der Waals surface area contributed by atoms with Crippen molar-refractivity contribution < 1.29 is 19.0 Å². The number of aromatic nitrogens is 3. The first-order chi connectivity index (χ1) is 14.7. The molecule has 1 atom stereocenters. The standard InChI is InChI=1S/C20H23FN4OS.CH2O2/c1-2-17(24-7-9-26-10-8-24)12-25-13-23-19(15-3-5-16(21)6-4-15)20(25)18-11-22-14-27-18;2-1-3/h3-6,11,13-14,17H,2,7-10,12H2,1H3;1H,(H,2,3). The summed E-state index contributed by atoms with van der Waals surface area (Å²) in [5.74, 6) is -0.240. The summed E-state index contributed by atoms with van der Waals surface area (Å²) in [6.45, 7) is 6.36. The number of ether oxygens (including phenoxy) is 1. The molecule has 2 aromatic heterocycles. The van der Waals surface area contributed by atoms with Gasteiger partial charge in [-0.1, -0.05) is 6.92 Å². The Balaban J connectivity index is 0.000000806. The number of morpholine rings is 1. The molecule has 9 heteroatoms. The summed E-state index contributed by atoms with van der Waals surface area (Å²) >= 11 is 1.60. The highest BCUT2D eigenvalue weighted by atomic mass is 32.1. The molecule has 4 rings (SSSR count). The molecule has 0 spiro atoms. The van der Waals surface area contributed by atoms with Gasteiger partial charge in [-0.15, -0.1) is 11.3 Å². The average molecular weight is 433 g/mol. The number of benzene rings is 1. The number of rotatable bonds is 6. The summed E-state index contributed by atoms with van der Waals surface area (Å²) in [4.78, 5) is 20.9. The van der Waals surface area contributed by atoms with Crippen molar-refractivity contribution in [3.8, 4) is 21.8 Å². The van der Waals surface area contributed by atoms with Crippen molar-refractivity contribution >= 4 is 17.8 Å². The molecule has 3 heterocycles. The van der Waals surface area contributed by atoms with Crippen LogP contribution in [0.3, 0.4) is 0 Å². The van der Waals surface area contributed by atoms with Crippen molar-refractivity contribution in [1.82, 2.24) is 19.4 Å². The number of thiazole rings is 1. The van der Waals surface area contributed by atoms with Gasteiger partial charge in [-0.2, -0.15) is 0 Å². The molecule has 0 radical (unpaired) electrons. The monoisotopic (exact) mass is 432 g/mol. The maximum Gasteiger partial charge on any atom is 0.290 e. The van der Waals surface area contributed by atoms with Crippen molar-refractivity contribution in [1.29, 1.82) is 0 Å². The highest BCUT2D eigenvalue weighted by molar-refractivity contribution is 7.13. The first kappa shape index (κ1) is 22.1. The summed E-state index contributed by atoms with van der Waals surface area (Å²) < 4.78 is 21.1. The maximum absolute atomic E-state index is 13.4. The molecule has 0 amide bonds. The minimum Gasteiger partial charge on any atom is -0.483 e. The van der Waals surface area contributed by atoms with Crippen molar-refractivity contribution in [2.24, 2.45) is 0 Å². The number of imidazole rings is 1. The molecule has 1 aliphatic rings. The third kappa shape index (κ3) is 5.29. The molecule has 7 nitrogen and oxygen atoms in total. The van der Waals surface area contributed by atoms with Crippen LogP contribution in [0.5, 0.6) is 0 Å². The fourth-order valence-corrected chi connectivity index (χ4v) is 4.29. The zero-order valence-corrected chi connectivity index (χ0v) is 17.6. The van der Waals surface area contributed by atoms with E-state index < -0.39 is 0 Å². The van der Waals surface area contributed by atoms with Crippen molar-refractivity contribution in [3.63, 3.8) is 0 Å². The topological polar surface area (TPSA) is 80.5 Å². The van der Waals surface area contributed by atoms with Crippen LogP contribution in [0.15, 0.2) is 42.3 Å². The lowest BCUT2D eigenvalue weighted by Crippen LogP contribution is -2.45. The Morgan fingerprint density at radius 3 is 2.60 bits per heavy atom. The molecular weight excluding hydrogens is 407 g/mol. The van der Waals surface area contributed by atoms with Crippen LogP contribution in [0, 0.1) is 5.82 Å². The van der Waals surface area contributed by atoms with E-state index in [-0.39, 0.29) is 12.3 Å². The molecule has 3 aromatic rings. The van der Waals surface area contributed by atoms with Gasteiger partial charge in [0.25, 0.3) is 6.47 Å². The van der Waals surface area contributed by atoms with Crippen LogP contribution < -0.4 is 0 Å². The van der Waals surface area contributed by atoms with Gasteiger partial charge in [0.1, 0.15) is 5.82 Å². The number of carboxylic acid groups (broad SMARTS) is 1. The molecule has 0 bridgehead atoms. The predicted octanol–water partition coefficient (Wildman–Crippen LogP) is 3.62. The first-order valence-corrected chi connectivity index (χ1v) is 10.7. The second kappa shape index (κ2) is 11.0. The predicted molar refractivity (Wildman–Crippen MR) is 114 cm³/mol. The molecule has 1 N–H and O–H groups in total. The average Bonchev–Trinajstić information content (AvgIpc) is 3.43. The first-order valence-electron chi connectivity index (χ1n) is 9.77. The fourth-order valence-electron chi connectivity index (χ4n) is 3.60. The SMILES string of the molecule is CCC(Cn1cnc(-c2ccc(F)cc2)c1-c1cncs1)N1CCOCC1.O=CO. The maximum atomic E-state index is 13.4. The van der Waals surface area contributed by atoms with E-state index in [2.05, 4.69) is 26.4 Å². The summed E-state index contributed by atoms with van der Waals surface area (Å²) in [5, 5.41) is 6.89. The van der Waals surface area contributed by atoms with Gasteiger partial charge in [0.15, 0.2) is 0 Å². The molecule has 0 saturated carbocycles. The van der Waals surface area contributed by atoms with Crippen LogP contribution in [-0.2, 0) is 16.1 Å². The lowest BCUT2D eigenvalue weighted by molar-refractivity contribution is -0.122. The third-order valence-electron chi connectivity index (χ3n) is 5.06. The van der Waals surface area contributed by atoms with Gasteiger partial charge in [0.2, 0.25) is 0 Å². The van der Waals surface area contributed by atoms with Gasteiger partial charge in [0, 0.05) is 37.4 Å². The van der Waals surface area contributed by atoms with E-state index in [0.29, 0.717) is 6.04 Å². The van der Waals surface area contributed by atoms with E-state index in [4.69, 9.17) is 14.6 Å². The molecule has 1 aromatic carbocycles. The van der Waals surface area contributed by atoms with Crippen LogP contribution >= 0.6 is 11.3 Å². The lowest BCUT2D eigenvalue weighted by Gasteiger charge is -2.34. The Bertz CT molecular complexity index is 909. The van der Waals surface area contributed by atoms with Crippen molar-refractivity contribution in [2.75, 3.05) is 26.3 Å². The minimum absolute atomic E-state index is 0.240. The molecule has 30 heavy (non-hydrogen) atoms.